The molecule has 0 unspecified atom stereocenters. The Balaban J connectivity index is 1.88. The average molecular weight is 556 g/mol. The van der Waals surface area contributed by atoms with Crippen molar-refractivity contribution in [1.29, 1.82) is 0 Å². The fourth-order valence-corrected chi connectivity index (χ4v) is 5.65. The van der Waals surface area contributed by atoms with Crippen LogP contribution >= 0.6 is 0 Å². The first-order valence-electron chi connectivity index (χ1n) is 12.5. The summed E-state index contributed by atoms with van der Waals surface area (Å²) in [6, 6.07) is 20.5. The first kappa shape index (κ1) is 29.8. The molecule has 208 valence electrons. The lowest BCUT2D eigenvalue weighted by Crippen LogP contribution is -2.51. The summed E-state index contributed by atoms with van der Waals surface area (Å²) < 4.78 is 28.9. The van der Waals surface area contributed by atoms with Crippen LogP contribution in [0.1, 0.15) is 30.5 Å². The quantitative estimate of drug-likeness (QED) is 0.211. The largest absolute Gasteiger partial charge is 0.465 e. The molecule has 3 rings (SSSR count). The number of sulfonamides is 1. The Labute approximate surface area is 228 Å². The molecule has 2 atom stereocenters. The normalized spacial score (nSPS) is 13.1. The third-order valence-corrected chi connectivity index (χ3v) is 7.75. The van der Waals surface area contributed by atoms with E-state index in [9.17, 15) is 33.5 Å². The minimum absolute atomic E-state index is 0.00161. The van der Waals surface area contributed by atoms with Crippen LogP contribution < -0.4 is 4.72 Å². The minimum Gasteiger partial charge on any atom is -0.465 e. The number of aliphatic hydroxyl groups excluding tert-OH is 1. The van der Waals surface area contributed by atoms with E-state index in [-0.39, 0.29) is 29.5 Å². The van der Waals surface area contributed by atoms with Gasteiger partial charge in [-0.3, -0.25) is 15.0 Å². The van der Waals surface area contributed by atoms with Crippen molar-refractivity contribution < 1.29 is 28.3 Å². The number of hydrogen-bond donors (Lipinski definition) is 3. The van der Waals surface area contributed by atoms with Gasteiger partial charge >= 0.3 is 6.09 Å². The van der Waals surface area contributed by atoms with Gasteiger partial charge in [-0.25, -0.2) is 17.9 Å². The maximum Gasteiger partial charge on any atom is 0.407 e. The van der Waals surface area contributed by atoms with Gasteiger partial charge in [0.25, 0.3) is 5.69 Å². The summed E-state index contributed by atoms with van der Waals surface area (Å²) in [7, 11) is -4.18. The zero-order chi connectivity index (χ0) is 28.6. The number of nitrogens with one attached hydrogen (secondary N) is 1. The predicted octanol–water partition coefficient (Wildman–Crippen LogP) is 4.22. The summed E-state index contributed by atoms with van der Waals surface area (Å²) in [5.74, 6) is 0.0314. The monoisotopic (exact) mass is 555 g/mol. The molecule has 0 saturated heterocycles. The Hall–Kier alpha value is -3.80. The molecule has 0 aliphatic carbocycles. The highest BCUT2D eigenvalue weighted by Gasteiger charge is 2.32. The van der Waals surface area contributed by atoms with Crippen LogP contribution in [0.25, 0.3) is 0 Å². The van der Waals surface area contributed by atoms with E-state index >= 15 is 0 Å². The molecule has 0 heterocycles. The zero-order valence-electron chi connectivity index (χ0n) is 21.8. The van der Waals surface area contributed by atoms with Crippen LogP contribution in [0.15, 0.2) is 83.8 Å². The highest BCUT2D eigenvalue weighted by atomic mass is 32.2. The molecule has 3 aromatic rings. The Morgan fingerprint density at radius 1 is 0.974 bits per heavy atom. The van der Waals surface area contributed by atoms with E-state index in [1.807, 2.05) is 38.1 Å². The lowest BCUT2D eigenvalue weighted by molar-refractivity contribution is -0.385. The summed E-state index contributed by atoms with van der Waals surface area (Å²) in [6.07, 6.45) is -2.21. The third kappa shape index (κ3) is 8.34. The molecular formula is C28H33N3O7S. The highest BCUT2D eigenvalue weighted by Crippen LogP contribution is 2.25. The van der Waals surface area contributed by atoms with Crippen molar-refractivity contribution in [3.63, 3.8) is 0 Å². The SMILES string of the molecule is CC(C)Cc1cc([N+](=O)[O-])ccc1S(=O)(=O)NC[C@@H](O)[C@H](Cc1ccccc1)N(Cc1ccccc1)C(=O)O. The molecule has 10 nitrogen and oxygen atoms in total. The number of nitro benzene ring substituents is 1. The molecule has 3 aromatic carbocycles. The summed E-state index contributed by atoms with van der Waals surface area (Å²) >= 11 is 0. The van der Waals surface area contributed by atoms with Crippen molar-refractivity contribution >= 4 is 21.8 Å². The van der Waals surface area contributed by atoms with Crippen molar-refractivity contribution in [2.75, 3.05) is 6.54 Å². The Bertz CT molecular complexity index is 1370. The third-order valence-electron chi connectivity index (χ3n) is 6.23. The maximum atomic E-state index is 13.3. The van der Waals surface area contributed by atoms with Crippen LogP contribution in [-0.4, -0.2) is 53.2 Å². The molecule has 0 saturated carbocycles. The number of nitro groups is 1. The molecule has 0 aliphatic heterocycles. The molecule has 0 spiro atoms. The minimum atomic E-state index is -4.18. The molecule has 11 heteroatoms. The van der Waals surface area contributed by atoms with E-state index in [2.05, 4.69) is 4.72 Å². The van der Waals surface area contributed by atoms with Gasteiger partial charge in [0.05, 0.1) is 22.0 Å². The van der Waals surface area contributed by atoms with Crippen molar-refractivity contribution in [3.8, 4) is 0 Å². The maximum absolute atomic E-state index is 13.3. The first-order chi connectivity index (χ1) is 18.5. The topological polar surface area (TPSA) is 150 Å². The molecular weight excluding hydrogens is 522 g/mol. The summed E-state index contributed by atoms with van der Waals surface area (Å²) in [5, 5.41) is 32.5. The van der Waals surface area contributed by atoms with E-state index < -0.39 is 39.7 Å². The number of carbonyl (C=O) groups is 1. The van der Waals surface area contributed by atoms with Gasteiger partial charge < -0.3 is 10.2 Å². The van der Waals surface area contributed by atoms with Gasteiger partial charge in [0.1, 0.15) is 0 Å². The van der Waals surface area contributed by atoms with E-state index in [4.69, 9.17) is 0 Å². The smallest absolute Gasteiger partial charge is 0.407 e. The molecule has 0 fully saturated rings. The number of non-ortho nitro benzene ring substituents is 1. The molecule has 1 amide bonds. The van der Waals surface area contributed by atoms with E-state index in [1.165, 1.54) is 12.1 Å². The van der Waals surface area contributed by atoms with E-state index in [0.29, 0.717) is 12.0 Å². The molecule has 0 aromatic heterocycles. The van der Waals surface area contributed by atoms with Gasteiger partial charge in [0.2, 0.25) is 10.0 Å². The van der Waals surface area contributed by atoms with E-state index in [1.54, 1.807) is 36.4 Å². The Morgan fingerprint density at radius 3 is 2.10 bits per heavy atom. The fourth-order valence-electron chi connectivity index (χ4n) is 4.37. The first-order valence-corrected chi connectivity index (χ1v) is 14.0. The number of carboxylic acid groups (broad SMARTS) is 1. The molecule has 3 N–H and O–H groups in total. The number of amides is 1. The second-order valence-corrected chi connectivity index (χ2v) is 11.5. The average Bonchev–Trinajstić information content (AvgIpc) is 2.90. The number of aliphatic hydroxyl groups is 1. The van der Waals surface area contributed by atoms with Crippen LogP contribution in [0.2, 0.25) is 0 Å². The van der Waals surface area contributed by atoms with Crippen LogP contribution in [0, 0.1) is 16.0 Å². The highest BCUT2D eigenvalue weighted by molar-refractivity contribution is 7.89. The number of benzene rings is 3. The fraction of sp³-hybridized carbons (Fsp3) is 0.321. The van der Waals surface area contributed by atoms with Gasteiger partial charge in [-0.2, -0.15) is 0 Å². The molecule has 0 radical (unpaired) electrons. The van der Waals surface area contributed by atoms with Crippen molar-refractivity contribution in [3.05, 3.63) is 106 Å². The van der Waals surface area contributed by atoms with Gasteiger partial charge in [0, 0.05) is 25.2 Å². The summed E-state index contributed by atoms with van der Waals surface area (Å²) in [4.78, 5) is 24.0. The lowest BCUT2D eigenvalue weighted by atomic mass is 9.99. The van der Waals surface area contributed by atoms with Crippen molar-refractivity contribution in [2.45, 2.75) is 50.3 Å². The van der Waals surface area contributed by atoms with Crippen molar-refractivity contribution in [1.82, 2.24) is 9.62 Å². The Morgan fingerprint density at radius 2 is 1.56 bits per heavy atom. The zero-order valence-corrected chi connectivity index (χ0v) is 22.6. The van der Waals surface area contributed by atoms with Crippen LogP contribution in [-0.2, 0) is 29.4 Å². The number of hydrogen-bond acceptors (Lipinski definition) is 6. The number of nitrogens with zero attached hydrogens (tertiary/aromatic N) is 2. The van der Waals surface area contributed by atoms with Gasteiger partial charge in [0.15, 0.2) is 0 Å². The molecule has 39 heavy (non-hydrogen) atoms. The molecule has 0 bridgehead atoms. The van der Waals surface area contributed by atoms with Crippen LogP contribution in [0.5, 0.6) is 0 Å². The summed E-state index contributed by atoms with van der Waals surface area (Å²) in [5.41, 5.74) is 1.57. The Kier molecular flexibility index (Phi) is 10.2. The second kappa shape index (κ2) is 13.3. The van der Waals surface area contributed by atoms with Gasteiger partial charge in [-0.1, -0.05) is 74.5 Å². The van der Waals surface area contributed by atoms with Crippen LogP contribution in [0.3, 0.4) is 0 Å². The molecule has 0 aliphatic rings. The van der Waals surface area contributed by atoms with Crippen molar-refractivity contribution in [2.24, 2.45) is 5.92 Å². The van der Waals surface area contributed by atoms with Gasteiger partial charge in [-0.05, 0) is 41.5 Å². The van der Waals surface area contributed by atoms with E-state index in [0.717, 1.165) is 22.1 Å². The predicted molar refractivity (Wildman–Crippen MR) is 147 cm³/mol. The standard InChI is InChI=1S/C28H33N3O7S/c1-20(2)15-23-17-24(31(35)36)13-14-27(23)39(37,38)29-18-26(32)25(16-21-9-5-3-6-10-21)30(28(33)34)19-22-11-7-4-8-12-22/h3-14,17,20,25-26,29,32H,15-16,18-19H2,1-2H3,(H,33,34)/t25-,26+/m0/s1. The second-order valence-electron chi connectivity index (χ2n) is 9.72. The lowest BCUT2D eigenvalue weighted by Gasteiger charge is -2.33. The van der Waals surface area contributed by atoms with Crippen LogP contribution in [0.4, 0.5) is 10.5 Å². The van der Waals surface area contributed by atoms with Gasteiger partial charge in [-0.15, -0.1) is 0 Å². The number of rotatable bonds is 13. The summed E-state index contributed by atoms with van der Waals surface area (Å²) in [6.45, 7) is 3.27.